The van der Waals surface area contributed by atoms with Gasteiger partial charge in [-0.15, -0.1) is 12.4 Å². The van der Waals surface area contributed by atoms with E-state index in [1.165, 1.54) is 0 Å². The minimum absolute atomic E-state index is 0. The third kappa shape index (κ3) is 3.23. The molecule has 0 radical (unpaired) electrons. The Morgan fingerprint density at radius 3 is 2.80 bits per heavy atom. The zero-order valence-corrected chi connectivity index (χ0v) is 12.3. The summed E-state index contributed by atoms with van der Waals surface area (Å²) in [6, 6.07) is 0.340. The van der Waals surface area contributed by atoms with Gasteiger partial charge in [0.1, 0.15) is 12.2 Å². The Balaban J connectivity index is 0.00000147. The van der Waals surface area contributed by atoms with Crippen LogP contribution in [0.2, 0.25) is 0 Å². The SMILES string of the molecule is CC1CN(C(=O)C2COC3C=CC=CC3O2)CCN1.Cl. The molecule has 2 heterocycles. The van der Waals surface area contributed by atoms with E-state index in [2.05, 4.69) is 12.2 Å². The van der Waals surface area contributed by atoms with Crippen molar-refractivity contribution in [3.05, 3.63) is 24.3 Å². The van der Waals surface area contributed by atoms with Crippen LogP contribution in [0.4, 0.5) is 0 Å². The Morgan fingerprint density at radius 2 is 2.05 bits per heavy atom. The number of halogens is 1. The van der Waals surface area contributed by atoms with Gasteiger partial charge >= 0.3 is 0 Å². The number of carbonyl (C=O) groups excluding carboxylic acids is 1. The molecule has 5 nitrogen and oxygen atoms in total. The number of nitrogens with zero attached hydrogens (tertiary/aromatic N) is 1. The van der Waals surface area contributed by atoms with Gasteiger partial charge in [0.25, 0.3) is 5.91 Å². The predicted molar refractivity (Wildman–Crippen MR) is 78.0 cm³/mol. The second kappa shape index (κ2) is 6.72. The van der Waals surface area contributed by atoms with Gasteiger partial charge < -0.3 is 19.7 Å². The van der Waals surface area contributed by atoms with Crippen molar-refractivity contribution < 1.29 is 14.3 Å². The Bertz CT molecular complexity index is 413. The third-order valence-corrected chi connectivity index (χ3v) is 3.75. The highest BCUT2D eigenvalue weighted by atomic mass is 35.5. The summed E-state index contributed by atoms with van der Waals surface area (Å²) >= 11 is 0. The summed E-state index contributed by atoms with van der Waals surface area (Å²) in [7, 11) is 0. The molecule has 1 amide bonds. The molecule has 0 aromatic carbocycles. The number of allylic oxidation sites excluding steroid dienone is 2. The molecule has 3 aliphatic rings. The van der Waals surface area contributed by atoms with Gasteiger partial charge in [-0.2, -0.15) is 0 Å². The quantitative estimate of drug-likeness (QED) is 0.766. The van der Waals surface area contributed by atoms with Crippen molar-refractivity contribution in [2.75, 3.05) is 26.2 Å². The third-order valence-electron chi connectivity index (χ3n) is 3.75. The van der Waals surface area contributed by atoms with E-state index in [9.17, 15) is 4.79 Å². The fourth-order valence-corrected chi connectivity index (χ4v) is 2.73. The molecule has 2 aliphatic heterocycles. The highest BCUT2D eigenvalue weighted by molar-refractivity contribution is 5.85. The molecular formula is C14H21ClN2O3. The first-order valence-electron chi connectivity index (χ1n) is 6.88. The first-order chi connectivity index (χ1) is 9.24. The first-order valence-corrected chi connectivity index (χ1v) is 6.88. The smallest absolute Gasteiger partial charge is 0.254 e. The minimum Gasteiger partial charge on any atom is -0.368 e. The van der Waals surface area contributed by atoms with E-state index in [1.807, 2.05) is 29.2 Å². The molecule has 4 atom stereocenters. The molecule has 0 spiro atoms. The van der Waals surface area contributed by atoms with Gasteiger partial charge in [-0.3, -0.25) is 4.79 Å². The van der Waals surface area contributed by atoms with Crippen molar-refractivity contribution >= 4 is 18.3 Å². The number of amides is 1. The van der Waals surface area contributed by atoms with Gasteiger partial charge in [0.15, 0.2) is 6.10 Å². The van der Waals surface area contributed by atoms with Crippen LogP contribution in [-0.4, -0.2) is 61.4 Å². The maximum Gasteiger partial charge on any atom is 0.254 e. The normalized spacial score (nSPS) is 36.1. The van der Waals surface area contributed by atoms with E-state index >= 15 is 0 Å². The molecule has 20 heavy (non-hydrogen) atoms. The lowest BCUT2D eigenvalue weighted by Crippen LogP contribution is -2.57. The van der Waals surface area contributed by atoms with E-state index in [4.69, 9.17) is 9.47 Å². The molecule has 1 aliphatic carbocycles. The average Bonchev–Trinajstić information content (AvgIpc) is 2.46. The van der Waals surface area contributed by atoms with E-state index in [0.29, 0.717) is 12.6 Å². The van der Waals surface area contributed by atoms with E-state index in [1.54, 1.807) is 0 Å². The van der Waals surface area contributed by atoms with Crippen molar-refractivity contribution in [2.45, 2.75) is 31.3 Å². The van der Waals surface area contributed by atoms with Crippen molar-refractivity contribution in [1.29, 1.82) is 0 Å². The number of hydrogen-bond donors (Lipinski definition) is 1. The topological polar surface area (TPSA) is 50.8 Å². The molecule has 4 unspecified atom stereocenters. The van der Waals surface area contributed by atoms with Crippen LogP contribution in [0.15, 0.2) is 24.3 Å². The van der Waals surface area contributed by atoms with E-state index < -0.39 is 6.10 Å². The lowest BCUT2D eigenvalue weighted by atomic mass is 10.1. The highest BCUT2D eigenvalue weighted by Crippen LogP contribution is 2.21. The Hall–Kier alpha value is -0.880. The molecule has 112 valence electrons. The van der Waals surface area contributed by atoms with Crippen LogP contribution in [0.1, 0.15) is 6.92 Å². The predicted octanol–water partition coefficient (Wildman–Crippen LogP) is 0.507. The van der Waals surface area contributed by atoms with Gasteiger partial charge in [0.2, 0.25) is 0 Å². The number of ether oxygens (including phenoxy) is 2. The zero-order chi connectivity index (χ0) is 13.2. The number of hydrogen-bond acceptors (Lipinski definition) is 4. The monoisotopic (exact) mass is 300 g/mol. The van der Waals surface area contributed by atoms with Gasteiger partial charge in [-0.25, -0.2) is 0 Å². The van der Waals surface area contributed by atoms with E-state index in [0.717, 1.165) is 19.6 Å². The summed E-state index contributed by atoms with van der Waals surface area (Å²) in [5, 5.41) is 3.33. The molecule has 0 aromatic heterocycles. The number of nitrogens with one attached hydrogen (secondary N) is 1. The zero-order valence-electron chi connectivity index (χ0n) is 11.5. The van der Waals surface area contributed by atoms with Crippen LogP contribution in [0.3, 0.4) is 0 Å². The highest BCUT2D eigenvalue weighted by Gasteiger charge is 2.36. The van der Waals surface area contributed by atoms with Crippen LogP contribution in [-0.2, 0) is 14.3 Å². The van der Waals surface area contributed by atoms with Crippen LogP contribution >= 0.6 is 12.4 Å². The molecule has 0 saturated carbocycles. The summed E-state index contributed by atoms with van der Waals surface area (Å²) < 4.78 is 11.6. The molecule has 6 heteroatoms. The molecule has 2 saturated heterocycles. The van der Waals surface area contributed by atoms with Gasteiger partial charge in [0.05, 0.1) is 6.61 Å². The molecule has 3 rings (SSSR count). The maximum absolute atomic E-state index is 12.4. The summed E-state index contributed by atoms with van der Waals surface area (Å²) in [5.41, 5.74) is 0. The van der Waals surface area contributed by atoms with Crippen molar-refractivity contribution in [1.82, 2.24) is 10.2 Å². The minimum atomic E-state index is -0.470. The average molecular weight is 301 g/mol. The summed E-state index contributed by atoms with van der Waals surface area (Å²) in [6.07, 6.45) is 7.16. The second-order valence-electron chi connectivity index (χ2n) is 5.30. The van der Waals surface area contributed by atoms with Crippen molar-refractivity contribution in [2.24, 2.45) is 0 Å². The van der Waals surface area contributed by atoms with Crippen LogP contribution in [0.5, 0.6) is 0 Å². The first kappa shape index (κ1) is 15.5. The number of carbonyl (C=O) groups is 1. The van der Waals surface area contributed by atoms with Gasteiger partial charge in [-0.05, 0) is 6.92 Å². The van der Waals surface area contributed by atoms with E-state index in [-0.39, 0.29) is 30.5 Å². The van der Waals surface area contributed by atoms with Crippen LogP contribution < -0.4 is 5.32 Å². The van der Waals surface area contributed by atoms with Gasteiger partial charge in [0, 0.05) is 25.7 Å². The lowest BCUT2D eigenvalue weighted by molar-refractivity contribution is -0.177. The largest absolute Gasteiger partial charge is 0.368 e. The Labute approximate surface area is 125 Å². The van der Waals surface area contributed by atoms with Crippen molar-refractivity contribution in [3.63, 3.8) is 0 Å². The summed E-state index contributed by atoms with van der Waals surface area (Å²) in [6.45, 7) is 4.75. The Kier molecular flexibility index (Phi) is 5.21. The molecule has 1 N–H and O–H groups in total. The van der Waals surface area contributed by atoms with Crippen molar-refractivity contribution in [3.8, 4) is 0 Å². The molecule has 2 fully saturated rings. The fourth-order valence-electron chi connectivity index (χ4n) is 2.73. The lowest BCUT2D eigenvalue weighted by Gasteiger charge is -2.38. The standard InChI is InChI=1S/C14H20N2O3.ClH/c1-10-8-16(7-6-15-10)14(17)13-9-18-11-4-2-3-5-12(11)19-13;/h2-5,10-13,15H,6-9H2,1H3;1H. The summed E-state index contributed by atoms with van der Waals surface area (Å²) in [5.74, 6) is 0.0507. The Morgan fingerprint density at radius 1 is 1.30 bits per heavy atom. The fraction of sp³-hybridized carbons (Fsp3) is 0.643. The van der Waals surface area contributed by atoms with Crippen LogP contribution in [0.25, 0.3) is 0 Å². The number of rotatable bonds is 1. The number of fused-ring (bicyclic) bond motifs is 1. The second-order valence-corrected chi connectivity index (χ2v) is 5.30. The molecule has 0 aromatic rings. The maximum atomic E-state index is 12.4. The van der Waals surface area contributed by atoms with Crippen LogP contribution in [0, 0.1) is 0 Å². The molecule has 0 bridgehead atoms. The molecular weight excluding hydrogens is 280 g/mol. The summed E-state index contributed by atoms with van der Waals surface area (Å²) in [4.78, 5) is 14.3. The number of piperazine rings is 1. The van der Waals surface area contributed by atoms with Gasteiger partial charge in [-0.1, -0.05) is 24.3 Å².